The third-order valence-corrected chi connectivity index (χ3v) is 4.43. The molecule has 0 saturated carbocycles. The van der Waals surface area contributed by atoms with Crippen molar-refractivity contribution in [1.82, 2.24) is 24.5 Å². The number of fused-ring (bicyclic) bond motifs is 1. The summed E-state index contributed by atoms with van der Waals surface area (Å²) in [5.41, 5.74) is 2.84. The Balaban J connectivity index is 1.67. The van der Waals surface area contributed by atoms with E-state index < -0.39 is 0 Å². The summed E-state index contributed by atoms with van der Waals surface area (Å²) in [6.45, 7) is 7.39. The van der Waals surface area contributed by atoms with E-state index in [1.807, 2.05) is 36.3 Å². The van der Waals surface area contributed by atoms with Gasteiger partial charge in [-0.2, -0.15) is 5.10 Å². The summed E-state index contributed by atoms with van der Waals surface area (Å²) < 4.78 is 3.56. The van der Waals surface area contributed by atoms with E-state index >= 15 is 0 Å². The van der Waals surface area contributed by atoms with Crippen molar-refractivity contribution < 1.29 is 0 Å². The average Bonchev–Trinajstić information content (AvgIpc) is 3.03. The van der Waals surface area contributed by atoms with E-state index in [0.29, 0.717) is 6.54 Å². The topological polar surface area (TPSA) is 64.2 Å². The van der Waals surface area contributed by atoms with E-state index in [0.717, 1.165) is 28.5 Å². The lowest BCUT2D eigenvalue weighted by Crippen LogP contribution is -2.31. The zero-order chi connectivity index (χ0) is 15.7. The van der Waals surface area contributed by atoms with Crippen molar-refractivity contribution >= 4 is 16.3 Å². The van der Waals surface area contributed by atoms with Gasteiger partial charge < -0.3 is 5.32 Å². The minimum absolute atomic E-state index is 0.0177. The van der Waals surface area contributed by atoms with Crippen molar-refractivity contribution in [3.8, 4) is 0 Å². The van der Waals surface area contributed by atoms with Crippen LogP contribution in [0.15, 0.2) is 28.6 Å². The molecule has 0 amide bonds. The van der Waals surface area contributed by atoms with E-state index in [2.05, 4.69) is 22.3 Å². The molecule has 0 aromatic carbocycles. The van der Waals surface area contributed by atoms with Crippen LogP contribution in [0.5, 0.6) is 0 Å². The Morgan fingerprint density at radius 1 is 1.41 bits per heavy atom. The second kappa shape index (κ2) is 6.02. The van der Waals surface area contributed by atoms with Crippen LogP contribution < -0.4 is 10.9 Å². The van der Waals surface area contributed by atoms with Crippen molar-refractivity contribution in [3.63, 3.8) is 0 Å². The number of hydrogen-bond acceptors (Lipinski definition) is 5. The molecule has 116 valence electrons. The summed E-state index contributed by atoms with van der Waals surface area (Å²) >= 11 is 1.49. The summed E-state index contributed by atoms with van der Waals surface area (Å²) in [7, 11) is 0. The van der Waals surface area contributed by atoms with Gasteiger partial charge in [0.15, 0.2) is 4.96 Å². The molecule has 0 aliphatic rings. The summed E-state index contributed by atoms with van der Waals surface area (Å²) in [6, 6.07) is 1.84. The number of aryl methyl sites for hydroxylation is 2. The van der Waals surface area contributed by atoms with Gasteiger partial charge in [0.1, 0.15) is 0 Å². The van der Waals surface area contributed by atoms with Gasteiger partial charge in [-0.05, 0) is 26.3 Å². The summed E-state index contributed by atoms with van der Waals surface area (Å²) in [5.74, 6) is 0. The Bertz CT molecular complexity index is 847. The molecular weight excluding hydrogens is 298 g/mol. The van der Waals surface area contributed by atoms with Crippen molar-refractivity contribution in [2.24, 2.45) is 0 Å². The van der Waals surface area contributed by atoms with Crippen LogP contribution in [0, 0.1) is 13.8 Å². The van der Waals surface area contributed by atoms with Crippen LogP contribution in [0.2, 0.25) is 0 Å². The smallest absolute Gasteiger partial charge is 0.259 e. The van der Waals surface area contributed by atoms with Gasteiger partial charge in [-0.3, -0.25) is 13.9 Å². The maximum absolute atomic E-state index is 12.1. The lowest BCUT2D eigenvalue weighted by atomic mass is 10.3. The molecule has 7 heteroatoms. The van der Waals surface area contributed by atoms with E-state index in [9.17, 15) is 4.79 Å². The van der Waals surface area contributed by atoms with E-state index in [-0.39, 0.29) is 11.6 Å². The maximum atomic E-state index is 12.1. The standard InChI is InChI=1S/C15H19N5OS/c1-10-5-17-19(7-10)8-11(2)16-6-13-4-14(21)20-12(3)9-22-15(20)18-13/h4-5,7,9,11,16H,6,8H2,1-3H3. The van der Waals surface area contributed by atoms with Gasteiger partial charge in [0.25, 0.3) is 5.56 Å². The lowest BCUT2D eigenvalue weighted by Gasteiger charge is -2.13. The molecule has 3 rings (SSSR count). The Morgan fingerprint density at radius 3 is 2.95 bits per heavy atom. The number of nitrogens with zero attached hydrogens (tertiary/aromatic N) is 4. The zero-order valence-corrected chi connectivity index (χ0v) is 13.7. The molecule has 0 radical (unpaired) electrons. The fourth-order valence-corrected chi connectivity index (χ4v) is 3.27. The van der Waals surface area contributed by atoms with Crippen LogP contribution in [0.4, 0.5) is 0 Å². The Hall–Kier alpha value is -1.99. The molecule has 3 aromatic heterocycles. The Morgan fingerprint density at radius 2 is 2.23 bits per heavy atom. The molecule has 1 atom stereocenters. The first kappa shape index (κ1) is 14.9. The molecule has 0 aliphatic carbocycles. The van der Waals surface area contributed by atoms with Gasteiger partial charge in [-0.1, -0.05) is 0 Å². The minimum Gasteiger partial charge on any atom is -0.307 e. The summed E-state index contributed by atoms with van der Waals surface area (Å²) in [4.78, 5) is 17.4. The highest BCUT2D eigenvalue weighted by Gasteiger charge is 2.08. The summed E-state index contributed by atoms with van der Waals surface area (Å²) in [6.07, 6.45) is 3.87. The van der Waals surface area contributed by atoms with Crippen LogP contribution in [0.3, 0.4) is 0 Å². The first-order chi connectivity index (χ1) is 10.5. The molecule has 6 nitrogen and oxygen atoms in total. The van der Waals surface area contributed by atoms with Gasteiger partial charge in [-0.25, -0.2) is 4.98 Å². The molecule has 1 unspecified atom stereocenters. The van der Waals surface area contributed by atoms with E-state index in [1.54, 1.807) is 10.5 Å². The quantitative estimate of drug-likeness (QED) is 0.778. The monoisotopic (exact) mass is 317 g/mol. The first-order valence-electron chi connectivity index (χ1n) is 7.22. The third-order valence-electron chi connectivity index (χ3n) is 3.48. The highest BCUT2D eigenvalue weighted by Crippen LogP contribution is 2.11. The molecule has 1 N–H and O–H groups in total. The Labute approximate surface area is 132 Å². The van der Waals surface area contributed by atoms with Gasteiger partial charge in [0.05, 0.1) is 18.4 Å². The normalized spacial score (nSPS) is 12.9. The van der Waals surface area contributed by atoms with E-state index in [1.165, 1.54) is 11.3 Å². The van der Waals surface area contributed by atoms with Crippen LogP contribution in [0.1, 0.15) is 23.9 Å². The predicted molar refractivity (Wildman–Crippen MR) is 87.3 cm³/mol. The fraction of sp³-hybridized carbons (Fsp3) is 0.400. The third kappa shape index (κ3) is 3.10. The SMILES string of the molecule is Cc1cnn(CC(C)NCc2cc(=O)n3c(C)csc3n2)c1. The van der Waals surface area contributed by atoms with Crippen molar-refractivity contribution in [2.45, 2.75) is 39.9 Å². The molecular formula is C15H19N5OS. The van der Waals surface area contributed by atoms with Crippen LogP contribution >= 0.6 is 11.3 Å². The van der Waals surface area contributed by atoms with Crippen molar-refractivity contribution in [1.29, 1.82) is 0 Å². The van der Waals surface area contributed by atoms with E-state index in [4.69, 9.17) is 0 Å². The molecule has 0 bridgehead atoms. The largest absolute Gasteiger partial charge is 0.307 e. The van der Waals surface area contributed by atoms with Crippen LogP contribution in [0.25, 0.3) is 4.96 Å². The highest BCUT2D eigenvalue weighted by molar-refractivity contribution is 7.15. The molecule has 22 heavy (non-hydrogen) atoms. The number of thiazole rings is 1. The number of nitrogens with one attached hydrogen (secondary N) is 1. The number of aromatic nitrogens is 4. The fourth-order valence-electron chi connectivity index (χ4n) is 2.38. The summed E-state index contributed by atoms with van der Waals surface area (Å²) in [5, 5.41) is 9.61. The number of rotatable bonds is 5. The van der Waals surface area contributed by atoms with Crippen molar-refractivity contribution in [3.05, 3.63) is 51.1 Å². The number of hydrogen-bond donors (Lipinski definition) is 1. The van der Waals surface area contributed by atoms with Gasteiger partial charge in [0.2, 0.25) is 0 Å². The first-order valence-corrected chi connectivity index (χ1v) is 8.10. The molecule has 0 spiro atoms. The molecule has 3 heterocycles. The van der Waals surface area contributed by atoms with Gasteiger partial charge >= 0.3 is 0 Å². The van der Waals surface area contributed by atoms with Gasteiger partial charge in [0, 0.05) is 35.9 Å². The second-order valence-corrected chi connectivity index (χ2v) is 6.44. The molecule has 0 saturated heterocycles. The minimum atomic E-state index is -0.0177. The van der Waals surface area contributed by atoms with Gasteiger partial charge in [-0.15, -0.1) is 11.3 Å². The van der Waals surface area contributed by atoms with Crippen LogP contribution in [-0.2, 0) is 13.1 Å². The predicted octanol–water partition coefficient (Wildman–Crippen LogP) is 1.75. The molecule has 0 fully saturated rings. The highest BCUT2D eigenvalue weighted by atomic mass is 32.1. The Kier molecular flexibility index (Phi) is 4.08. The zero-order valence-electron chi connectivity index (χ0n) is 12.9. The molecule has 3 aromatic rings. The second-order valence-electron chi connectivity index (χ2n) is 5.60. The lowest BCUT2D eigenvalue weighted by molar-refractivity contribution is 0.448. The van der Waals surface area contributed by atoms with Crippen LogP contribution in [-0.4, -0.2) is 25.2 Å². The van der Waals surface area contributed by atoms with Crippen molar-refractivity contribution in [2.75, 3.05) is 0 Å². The average molecular weight is 317 g/mol. The maximum Gasteiger partial charge on any atom is 0.259 e. The molecule has 0 aliphatic heterocycles.